The first kappa shape index (κ1) is 19.3. The van der Waals surface area contributed by atoms with Crippen LogP contribution in [0.2, 0.25) is 0 Å². The monoisotopic (exact) mass is 439 g/mol. The maximum Gasteiger partial charge on any atom is 0.288 e. The van der Waals surface area contributed by atoms with Crippen molar-refractivity contribution in [3.63, 3.8) is 0 Å². The number of hydrogen-bond donors (Lipinski definition) is 2. The number of aliphatic hydroxyl groups excluding tert-OH is 1. The number of rotatable bonds is 4. The van der Waals surface area contributed by atoms with Crippen LogP contribution in [0.1, 0.15) is 16.7 Å². The van der Waals surface area contributed by atoms with Crippen molar-refractivity contribution in [3.8, 4) is 0 Å². The van der Waals surface area contributed by atoms with Crippen LogP contribution in [-0.2, 0) is 0 Å². The molecular formula is C22H20BrN2OS+. The lowest BCUT2D eigenvalue weighted by atomic mass is 10.1. The quantitative estimate of drug-likeness (QED) is 0.237. The Balaban J connectivity index is 2.09. The topological polar surface area (TPSA) is 36.1 Å². The van der Waals surface area contributed by atoms with Crippen molar-refractivity contribution in [2.24, 2.45) is 0 Å². The number of anilines is 1. The second-order valence-corrected chi connectivity index (χ2v) is 7.53. The Morgan fingerprint density at radius 1 is 0.926 bits per heavy atom. The van der Waals surface area contributed by atoms with Crippen LogP contribution in [0.5, 0.6) is 0 Å². The molecule has 0 atom stereocenters. The van der Waals surface area contributed by atoms with E-state index < -0.39 is 0 Å². The molecule has 0 unspecified atom stereocenters. The first-order chi connectivity index (χ1) is 13.0. The van der Waals surface area contributed by atoms with Gasteiger partial charge < -0.3 is 10.4 Å². The van der Waals surface area contributed by atoms with Crippen LogP contribution in [0.15, 0.2) is 77.5 Å². The summed E-state index contributed by atoms with van der Waals surface area (Å²) in [4.78, 5) is 0.448. The highest BCUT2D eigenvalue weighted by Crippen LogP contribution is 2.24. The maximum atomic E-state index is 11.0. The zero-order valence-corrected chi connectivity index (χ0v) is 17.5. The Morgan fingerprint density at radius 2 is 1.52 bits per heavy atom. The Kier molecular flexibility index (Phi) is 6.04. The van der Waals surface area contributed by atoms with Crippen molar-refractivity contribution in [2.45, 2.75) is 13.8 Å². The second kappa shape index (κ2) is 8.46. The number of aryl methyl sites for hydroxylation is 2. The number of aliphatic hydroxyl groups is 1. The van der Waals surface area contributed by atoms with Gasteiger partial charge in [0.1, 0.15) is 0 Å². The van der Waals surface area contributed by atoms with E-state index in [1.165, 1.54) is 0 Å². The van der Waals surface area contributed by atoms with E-state index >= 15 is 0 Å². The SMILES string of the molecule is Cc1cccc(C)c1NC(=S)/C(=C(\O)c1ccc(Br)cc1)[n+]1ccccc1. The zero-order chi connectivity index (χ0) is 19.4. The summed E-state index contributed by atoms with van der Waals surface area (Å²) in [5, 5.41) is 14.4. The summed E-state index contributed by atoms with van der Waals surface area (Å²) in [5.41, 5.74) is 4.36. The van der Waals surface area contributed by atoms with E-state index in [-0.39, 0.29) is 5.76 Å². The number of nitrogens with zero attached hydrogens (tertiary/aromatic N) is 1. The molecular weight excluding hydrogens is 420 g/mol. The maximum absolute atomic E-state index is 11.0. The fourth-order valence-corrected chi connectivity index (χ4v) is 3.39. The van der Waals surface area contributed by atoms with Crippen LogP contribution in [0.25, 0.3) is 11.5 Å². The van der Waals surface area contributed by atoms with Crippen molar-refractivity contribution >= 4 is 50.3 Å². The normalized spacial score (nSPS) is 11.7. The van der Waals surface area contributed by atoms with Gasteiger partial charge in [0.2, 0.25) is 0 Å². The molecule has 5 heteroatoms. The Hall–Kier alpha value is -2.50. The lowest BCUT2D eigenvalue weighted by Crippen LogP contribution is -2.38. The molecule has 0 radical (unpaired) electrons. The van der Waals surface area contributed by atoms with Gasteiger partial charge in [0.15, 0.2) is 23.1 Å². The Morgan fingerprint density at radius 3 is 2.11 bits per heavy atom. The average Bonchev–Trinajstić information content (AvgIpc) is 2.66. The molecule has 0 saturated heterocycles. The van der Waals surface area contributed by atoms with Crippen molar-refractivity contribution < 1.29 is 9.67 Å². The number of thiocarbonyl (C=S) groups is 1. The van der Waals surface area contributed by atoms with Crippen molar-refractivity contribution in [1.29, 1.82) is 0 Å². The summed E-state index contributed by atoms with van der Waals surface area (Å²) in [6.45, 7) is 4.07. The van der Waals surface area contributed by atoms with Crippen LogP contribution in [0.4, 0.5) is 5.69 Å². The number of para-hydroxylation sites is 1. The minimum absolute atomic E-state index is 0.113. The smallest absolute Gasteiger partial charge is 0.288 e. The van der Waals surface area contributed by atoms with E-state index in [0.29, 0.717) is 16.2 Å². The van der Waals surface area contributed by atoms with Gasteiger partial charge in [-0.1, -0.05) is 52.4 Å². The number of pyridine rings is 1. The summed E-state index contributed by atoms with van der Waals surface area (Å²) in [5.74, 6) is 0.113. The van der Waals surface area contributed by atoms with Crippen LogP contribution >= 0.6 is 28.1 Å². The number of nitrogens with one attached hydrogen (secondary N) is 1. The van der Waals surface area contributed by atoms with Crippen LogP contribution < -0.4 is 9.88 Å². The van der Waals surface area contributed by atoms with Crippen molar-refractivity contribution in [1.82, 2.24) is 0 Å². The largest absolute Gasteiger partial charge is 0.502 e. The molecule has 0 aliphatic heterocycles. The molecule has 2 aromatic carbocycles. The van der Waals surface area contributed by atoms with Crippen LogP contribution in [0.3, 0.4) is 0 Å². The van der Waals surface area contributed by atoms with Gasteiger partial charge in [0.05, 0.1) is 0 Å². The molecule has 0 bridgehead atoms. The molecule has 27 heavy (non-hydrogen) atoms. The van der Waals surface area contributed by atoms with Gasteiger partial charge in [-0.3, -0.25) is 0 Å². The summed E-state index contributed by atoms with van der Waals surface area (Å²) in [6, 6.07) is 19.3. The second-order valence-electron chi connectivity index (χ2n) is 6.21. The minimum atomic E-state index is 0.113. The lowest BCUT2D eigenvalue weighted by Gasteiger charge is -2.14. The van der Waals surface area contributed by atoms with Gasteiger partial charge >= 0.3 is 0 Å². The van der Waals surface area contributed by atoms with Gasteiger partial charge in [-0.25, -0.2) is 0 Å². The Bertz CT molecular complexity index is 978. The Labute approximate surface area is 173 Å². The van der Waals surface area contributed by atoms with Gasteiger partial charge in [-0.2, -0.15) is 4.57 Å². The predicted molar refractivity (Wildman–Crippen MR) is 119 cm³/mol. The molecule has 1 heterocycles. The van der Waals surface area contributed by atoms with Crippen molar-refractivity contribution in [3.05, 3.63) is 94.2 Å². The summed E-state index contributed by atoms with van der Waals surface area (Å²) < 4.78 is 2.77. The molecule has 0 amide bonds. The molecule has 2 N–H and O–H groups in total. The van der Waals surface area contributed by atoms with E-state index in [0.717, 1.165) is 21.3 Å². The fourth-order valence-electron chi connectivity index (χ4n) is 2.82. The molecule has 1 aromatic heterocycles. The predicted octanol–water partition coefficient (Wildman–Crippen LogP) is 5.68. The molecule has 0 aliphatic carbocycles. The number of halogens is 1. The van der Waals surface area contributed by atoms with Crippen LogP contribution in [-0.4, -0.2) is 10.1 Å². The lowest BCUT2D eigenvalue weighted by molar-refractivity contribution is -0.575. The summed E-state index contributed by atoms with van der Waals surface area (Å²) in [6.07, 6.45) is 3.73. The standard InChI is InChI=1S/C22H19BrN2OS/c1-15-7-6-8-16(2)19(15)24-22(27)20(25-13-4-3-5-14-25)21(26)17-9-11-18(23)12-10-17/h3-14H,1-2H3,(H-,24,26,27)/p+1. The van der Waals surface area contributed by atoms with Gasteiger partial charge in [-0.15, -0.1) is 0 Å². The fraction of sp³-hybridized carbons (Fsp3) is 0.0909. The molecule has 3 nitrogen and oxygen atoms in total. The minimum Gasteiger partial charge on any atom is -0.502 e. The molecule has 3 rings (SSSR count). The summed E-state index contributed by atoms with van der Waals surface area (Å²) >= 11 is 9.13. The highest BCUT2D eigenvalue weighted by atomic mass is 79.9. The first-order valence-corrected chi connectivity index (χ1v) is 9.71. The molecule has 0 spiro atoms. The third-order valence-corrected chi connectivity index (χ3v) is 5.07. The first-order valence-electron chi connectivity index (χ1n) is 8.51. The molecule has 0 aliphatic rings. The van der Waals surface area contributed by atoms with E-state index in [1.807, 2.05) is 91.5 Å². The van der Waals surface area contributed by atoms with E-state index in [4.69, 9.17) is 12.2 Å². The molecule has 136 valence electrons. The molecule has 0 saturated carbocycles. The third-order valence-electron chi connectivity index (χ3n) is 4.25. The molecule has 3 aromatic rings. The number of hydrogen-bond acceptors (Lipinski definition) is 2. The van der Waals surface area contributed by atoms with Gasteiger partial charge in [-0.05, 0) is 49.2 Å². The number of aromatic nitrogens is 1. The van der Waals surface area contributed by atoms with Crippen molar-refractivity contribution in [2.75, 3.05) is 5.32 Å². The molecule has 0 fully saturated rings. The third kappa shape index (κ3) is 4.43. The average molecular weight is 440 g/mol. The highest BCUT2D eigenvalue weighted by Gasteiger charge is 2.24. The van der Waals surface area contributed by atoms with E-state index in [1.54, 1.807) is 0 Å². The van der Waals surface area contributed by atoms with E-state index in [2.05, 4.69) is 21.2 Å². The number of benzene rings is 2. The van der Waals surface area contributed by atoms with Gasteiger partial charge in [0.25, 0.3) is 5.70 Å². The summed E-state index contributed by atoms with van der Waals surface area (Å²) in [7, 11) is 0. The van der Waals surface area contributed by atoms with Gasteiger partial charge in [0, 0.05) is 27.9 Å². The zero-order valence-electron chi connectivity index (χ0n) is 15.1. The van der Waals surface area contributed by atoms with E-state index in [9.17, 15) is 5.11 Å². The highest BCUT2D eigenvalue weighted by molar-refractivity contribution is 9.10. The van der Waals surface area contributed by atoms with Crippen LogP contribution in [0, 0.1) is 13.8 Å².